The third-order valence-corrected chi connectivity index (χ3v) is 5.23. The Hall–Kier alpha value is -1.79. The van der Waals surface area contributed by atoms with Gasteiger partial charge in [-0.2, -0.15) is 0 Å². The normalized spacial score (nSPS) is 18.8. The number of likely N-dealkylation sites (tertiary alicyclic amines) is 1. The summed E-state index contributed by atoms with van der Waals surface area (Å²) in [7, 11) is 3.55. The van der Waals surface area contributed by atoms with Crippen molar-refractivity contribution in [2.45, 2.75) is 31.8 Å². The number of aromatic nitrogens is 2. The fourth-order valence-electron chi connectivity index (χ4n) is 2.95. The molecule has 23 heavy (non-hydrogen) atoms. The van der Waals surface area contributed by atoms with Gasteiger partial charge in [-0.1, -0.05) is 12.5 Å². The molecule has 3 heterocycles. The zero-order valence-corrected chi connectivity index (χ0v) is 14.4. The lowest BCUT2D eigenvalue weighted by Gasteiger charge is -2.34. The van der Waals surface area contributed by atoms with E-state index in [4.69, 9.17) is 0 Å². The maximum atomic E-state index is 12.1. The molecule has 1 aliphatic heterocycles. The molecule has 1 saturated heterocycles. The Morgan fingerprint density at radius 1 is 1.39 bits per heavy atom. The summed E-state index contributed by atoms with van der Waals surface area (Å²) in [4.78, 5) is 25.6. The van der Waals surface area contributed by atoms with Gasteiger partial charge < -0.3 is 4.90 Å². The molecule has 0 radical (unpaired) electrons. The number of pyridine rings is 1. The van der Waals surface area contributed by atoms with Crippen LogP contribution in [0.1, 0.15) is 45.5 Å². The highest BCUT2D eigenvalue weighted by molar-refractivity contribution is 7.13. The van der Waals surface area contributed by atoms with Gasteiger partial charge in [0.15, 0.2) is 0 Å². The highest BCUT2D eigenvalue weighted by atomic mass is 32.1. The predicted molar refractivity (Wildman–Crippen MR) is 91.4 cm³/mol. The lowest BCUT2D eigenvalue weighted by molar-refractivity contribution is 0.0832. The van der Waals surface area contributed by atoms with Crippen LogP contribution >= 0.6 is 11.3 Å². The van der Waals surface area contributed by atoms with E-state index in [9.17, 15) is 4.79 Å². The summed E-state index contributed by atoms with van der Waals surface area (Å²) in [5, 5.41) is 1.05. The Bertz CT molecular complexity index is 656. The first-order chi connectivity index (χ1) is 11.1. The molecule has 6 heteroatoms. The number of piperidine rings is 1. The van der Waals surface area contributed by atoms with Crippen molar-refractivity contribution < 1.29 is 4.79 Å². The number of carbonyl (C=O) groups is 1. The van der Waals surface area contributed by atoms with Gasteiger partial charge in [0.2, 0.25) is 0 Å². The van der Waals surface area contributed by atoms with Crippen molar-refractivity contribution in [3.8, 4) is 0 Å². The van der Waals surface area contributed by atoms with Gasteiger partial charge in [-0.05, 0) is 31.0 Å². The topological polar surface area (TPSA) is 49.3 Å². The number of hydrogen-bond donors (Lipinski definition) is 0. The van der Waals surface area contributed by atoms with Crippen LogP contribution in [0.4, 0.5) is 0 Å². The fourth-order valence-corrected chi connectivity index (χ4v) is 4.06. The maximum Gasteiger partial charge on any atom is 0.265 e. The zero-order valence-electron chi connectivity index (χ0n) is 13.6. The molecule has 0 spiro atoms. The largest absolute Gasteiger partial charge is 0.344 e. The molecule has 122 valence electrons. The molecule has 0 bridgehead atoms. The number of amides is 1. The number of carbonyl (C=O) groups excluding carboxylic acids is 1. The van der Waals surface area contributed by atoms with Crippen molar-refractivity contribution in [1.29, 1.82) is 0 Å². The van der Waals surface area contributed by atoms with Gasteiger partial charge in [-0.25, -0.2) is 4.98 Å². The number of rotatable bonds is 4. The van der Waals surface area contributed by atoms with Gasteiger partial charge in [0, 0.05) is 33.0 Å². The lowest BCUT2D eigenvalue weighted by Crippen LogP contribution is -2.32. The second kappa shape index (κ2) is 7.19. The molecule has 2 aromatic heterocycles. The highest BCUT2D eigenvalue weighted by Gasteiger charge is 2.27. The molecule has 0 aromatic carbocycles. The second-order valence-corrected chi connectivity index (χ2v) is 7.17. The highest BCUT2D eigenvalue weighted by Crippen LogP contribution is 2.34. The van der Waals surface area contributed by atoms with Crippen molar-refractivity contribution in [3.63, 3.8) is 0 Å². The minimum atomic E-state index is 0.0309. The van der Waals surface area contributed by atoms with Crippen LogP contribution < -0.4 is 0 Å². The van der Waals surface area contributed by atoms with Crippen molar-refractivity contribution >= 4 is 17.2 Å². The molecule has 1 amide bonds. The van der Waals surface area contributed by atoms with Crippen LogP contribution in [0.3, 0.4) is 0 Å². The predicted octanol–water partition coefficient (Wildman–Crippen LogP) is 2.97. The Balaban J connectivity index is 1.77. The molecule has 0 N–H and O–H groups in total. The molecule has 0 unspecified atom stereocenters. The summed E-state index contributed by atoms with van der Waals surface area (Å²) >= 11 is 1.53. The Labute approximate surface area is 141 Å². The van der Waals surface area contributed by atoms with Crippen LogP contribution in [0.25, 0.3) is 0 Å². The van der Waals surface area contributed by atoms with Gasteiger partial charge in [-0.3, -0.25) is 14.7 Å². The van der Waals surface area contributed by atoms with E-state index in [0.29, 0.717) is 6.04 Å². The Morgan fingerprint density at radius 2 is 2.26 bits per heavy atom. The molecule has 1 atom stereocenters. The lowest BCUT2D eigenvalue weighted by atomic mass is 10.0. The monoisotopic (exact) mass is 330 g/mol. The summed E-state index contributed by atoms with van der Waals surface area (Å²) in [5.41, 5.74) is 1.22. The first kappa shape index (κ1) is 16.1. The van der Waals surface area contributed by atoms with Crippen LogP contribution in [0.2, 0.25) is 0 Å². The number of thiazole rings is 1. The van der Waals surface area contributed by atoms with E-state index in [1.165, 1.54) is 29.7 Å². The van der Waals surface area contributed by atoms with E-state index in [0.717, 1.165) is 29.4 Å². The van der Waals surface area contributed by atoms with E-state index in [-0.39, 0.29) is 5.91 Å². The van der Waals surface area contributed by atoms with Crippen LogP contribution in [-0.2, 0) is 6.54 Å². The summed E-state index contributed by atoms with van der Waals surface area (Å²) in [6.45, 7) is 1.95. The van der Waals surface area contributed by atoms with E-state index in [1.54, 1.807) is 31.4 Å². The van der Waals surface area contributed by atoms with Gasteiger partial charge in [0.1, 0.15) is 9.88 Å². The van der Waals surface area contributed by atoms with Crippen molar-refractivity contribution in [3.05, 3.63) is 46.2 Å². The van der Waals surface area contributed by atoms with Crippen LogP contribution in [0.15, 0.2) is 30.7 Å². The molecular weight excluding hydrogens is 308 g/mol. The van der Waals surface area contributed by atoms with E-state index >= 15 is 0 Å². The van der Waals surface area contributed by atoms with Crippen molar-refractivity contribution in [1.82, 2.24) is 19.8 Å². The third-order valence-electron chi connectivity index (χ3n) is 4.15. The van der Waals surface area contributed by atoms with Crippen molar-refractivity contribution in [2.75, 3.05) is 20.6 Å². The van der Waals surface area contributed by atoms with E-state index < -0.39 is 0 Å². The average Bonchev–Trinajstić information content (AvgIpc) is 3.05. The molecule has 3 rings (SSSR count). The van der Waals surface area contributed by atoms with Crippen molar-refractivity contribution in [2.24, 2.45) is 0 Å². The van der Waals surface area contributed by atoms with Gasteiger partial charge in [0.05, 0.1) is 12.2 Å². The summed E-state index contributed by atoms with van der Waals surface area (Å²) in [6.07, 6.45) is 8.98. The SMILES string of the molecule is CN(C)C(=O)c1cnc([C@H]2CCCCN2Cc2cccnc2)s1. The van der Waals surface area contributed by atoms with Gasteiger partial charge in [-0.15, -0.1) is 11.3 Å². The molecule has 0 saturated carbocycles. The van der Waals surface area contributed by atoms with Gasteiger partial charge in [0.25, 0.3) is 5.91 Å². The van der Waals surface area contributed by atoms with E-state index in [1.807, 2.05) is 12.3 Å². The third kappa shape index (κ3) is 3.76. The molecule has 0 aliphatic carbocycles. The Kier molecular flexibility index (Phi) is 5.03. The average molecular weight is 330 g/mol. The molecular formula is C17H22N4OS. The zero-order chi connectivity index (χ0) is 16.2. The van der Waals surface area contributed by atoms with Gasteiger partial charge >= 0.3 is 0 Å². The molecule has 5 nitrogen and oxygen atoms in total. The summed E-state index contributed by atoms with van der Waals surface area (Å²) in [6, 6.07) is 4.39. The maximum absolute atomic E-state index is 12.1. The minimum absolute atomic E-state index is 0.0309. The number of nitrogens with zero attached hydrogens (tertiary/aromatic N) is 4. The van der Waals surface area contributed by atoms with Crippen LogP contribution in [0, 0.1) is 0 Å². The molecule has 1 aliphatic rings. The first-order valence-corrected chi connectivity index (χ1v) is 8.77. The number of hydrogen-bond acceptors (Lipinski definition) is 5. The molecule has 2 aromatic rings. The molecule has 1 fully saturated rings. The minimum Gasteiger partial charge on any atom is -0.344 e. The quantitative estimate of drug-likeness (QED) is 0.865. The smallest absolute Gasteiger partial charge is 0.265 e. The summed E-state index contributed by atoms with van der Waals surface area (Å²) in [5.74, 6) is 0.0309. The van der Waals surface area contributed by atoms with Crippen LogP contribution in [0.5, 0.6) is 0 Å². The Morgan fingerprint density at radius 3 is 3.00 bits per heavy atom. The first-order valence-electron chi connectivity index (χ1n) is 7.95. The van der Waals surface area contributed by atoms with Crippen LogP contribution in [-0.4, -0.2) is 46.3 Å². The fraction of sp³-hybridized carbons (Fsp3) is 0.471. The standard InChI is InChI=1S/C17H22N4OS/c1-20(2)17(22)15-11-19-16(23-15)14-7-3-4-9-21(14)12-13-6-5-8-18-10-13/h5-6,8,10-11,14H,3-4,7,9,12H2,1-2H3/t14-/m1/s1. The second-order valence-electron chi connectivity index (χ2n) is 6.11. The van der Waals surface area contributed by atoms with E-state index in [2.05, 4.69) is 20.9 Å². The summed E-state index contributed by atoms with van der Waals surface area (Å²) < 4.78 is 0.